The van der Waals surface area contributed by atoms with E-state index in [0.717, 1.165) is 16.7 Å². The molecule has 30 heavy (non-hydrogen) atoms. The SMILES string of the molecule is N#Cc1c(N)nc(SCC(=O)N2CCNC2=O)c(C#N)c1-c1ccccc1[N+](=O)[O-]. The Bertz CT molecular complexity index is 1150. The Balaban J connectivity index is 2.08. The third-order valence-corrected chi connectivity index (χ3v) is 5.24. The minimum atomic E-state index is -0.628. The Labute approximate surface area is 174 Å². The molecule has 3 rings (SSSR count). The van der Waals surface area contributed by atoms with Crippen molar-refractivity contribution in [3.05, 3.63) is 45.5 Å². The quantitative estimate of drug-likeness (QED) is 0.410. The molecule has 0 saturated carbocycles. The van der Waals surface area contributed by atoms with Gasteiger partial charge in [-0.15, -0.1) is 0 Å². The first-order valence-electron chi connectivity index (χ1n) is 8.47. The van der Waals surface area contributed by atoms with Crippen molar-refractivity contribution in [2.24, 2.45) is 0 Å². The predicted octanol–water partition coefficient (Wildman–Crippen LogP) is 1.63. The highest BCUT2D eigenvalue weighted by Gasteiger charge is 2.28. The van der Waals surface area contributed by atoms with E-state index < -0.39 is 16.9 Å². The second kappa shape index (κ2) is 8.46. The Kier molecular flexibility index (Phi) is 5.80. The fourth-order valence-electron chi connectivity index (χ4n) is 2.93. The zero-order chi connectivity index (χ0) is 21.8. The number of thioether (sulfide) groups is 1. The van der Waals surface area contributed by atoms with Gasteiger partial charge in [0.05, 0.1) is 21.8 Å². The Hall–Kier alpha value is -4.16. The number of nitrogens with two attached hydrogens (primary N) is 1. The maximum atomic E-state index is 12.3. The average molecular weight is 423 g/mol. The van der Waals surface area contributed by atoms with Crippen LogP contribution in [0.4, 0.5) is 16.3 Å². The summed E-state index contributed by atoms with van der Waals surface area (Å²) < 4.78 is 0. The first kappa shape index (κ1) is 20.6. The number of imide groups is 1. The molecule has 1 fully saturated rings. The number of para-hydroxylation sites is 1. The van der Waals surface area contributed by atoms with E-state index in [4.69, 9.17) is 5.73 Å². The number of carbonyl (C=O) groups excluding carboxylic acids is 2. The van der Waals surface area contributed by atoms with E-state index >= 15 is 0 Å². The number of nitriles is 2. The lowest BCUT2D eigenvalue weighted by Crippen LogP contribution is -2.35. The van der Waals surface area contributed by atoms with Crippen LogP contribution in [-0.2, 0) is 4.79 Å². The number of pyridine rings is 1. The number of nitrogens with zero attached hydrogens (tertiary/aromatic N) is 5. The summed E-state index contributed by atoms with van der Waals surface area (Å²) in [6.07, 6.45) is 0. The molecule has 1 aliphatic heterocycles. The second-order valence-electron chi connectivity index (χ2n) is 5.99. The summed E-state index contributed by atoms with van der Waals surface area (Å²) in [5, 5.41) is 33.3. The number of nitrogens with one attached hydrogen (secondary N) is 1. The fraction of sp³-hybridized carbons (Fsp3) is 0.167. The number of nitro benzene ring substituents is 1. The number of aromatic nitrogens is 1. The number of urea groups is 1. The van der Waals surface area contributed by atoms with Crippen LogP contribution in [0.3, 0.4) is 0 Å². The number of nitro groups is 1. The molecule has 1 aromatic carbocycles. The van der Waals surface area contributed by atoms with Crippen LogP contribution >= 0.6 is 11.8 Å². The maximum Gasteiger partial charge on any atom is 0.324 e. The van der Waals surface area contributed by atoms with Crippen LogP contribution in [0.25, 0.3) is 11.1 Å². The average Bonchev–Trinajstić information content (AvgIpc) is 3.17. The molecule has 1 saturated heterocycles. The smallest absolute Gasteiger partial charge is 0.324 e. The number of hydrogen-bond acceptors (Lipinski definition) is 9. The monoisotopic (exact) mass is 423 g/mol. The first-order chi connectivity index (χ1) is 14.4. The standard InChI is InChI=1S/C18H13N7O4S/c19-7-11-15(10-3-1-2-4-13(10)25(28)29)12(8-20)17(23-16(11)21)30-9-14(26)24-6-5-22-18(24)27/h1-4H,5-6,9H2,(H2,21,23)(H,22,27). The molecule has 0 atom stereocenters. The number of amides is 3. The van der Waals surface area contributed by atoms with Crippen molar-refractivity contribution >= 4 is 35.2 Å². The lowest BCUT2D eigenvalue weighted by atomic mass is 9.95. The van der Waals surface area contributed by atoms with Gasteiger partial charge in [0.15, 0.2) is 0 Å². The molecule has 0 spiro atoms. The van der Waals surface area contributed by atoms with E-state index in [1.54, 1.807) is 0 Å². The number of anilines is 1. The Morgan fingerprint density at radius 3 is 2.63 bits per heavy atom. The van der Waals surface area contributed by atoms with Gasteiger partial charge < -0.3 is 11.1 Å². The van der Waals surface area contributed by atoms with Crippen molar-refractivity contribution < 1.29 is 14.5 Å². The van der Waals surface area contributed by atoms with Crippen LogP contribution in [0, 0.1) is 32.8 Å². The van der Waals surface area contributed by atoms with Crippen LogP contribution in [0.5, 0.6) is 0 Å². The van der Waals surface area contributed by atoms with Gasteiger partial charge in [-0.05, 0) is 6.07 Å². The predicted molar refractivity (Wildman–Crippen MR) is 106 cm³/mol. The minimum absolute atomic E-state index is 0.0198. The number of hydrogen-bond donors (Lipinski definition) is 2. The molecule has 0 unspecified atom stereocenters. The summed E-state index contributed by atoms with van der Waals surface area (Å²) in [5.41, 5.74) is 5.31. The highest BCUT2D eigenvalue weighted by Crippen LogP contribution is 2.39. The van der Waals surface area contributed by atoms with Gasteiger partial charge in [-0.2, -0.15) is 10.5 Å². The summed E-state index contributed by atoms with van der Waals surface area (Å²) >= 11 is 0.861. The number of nitrogen functional groups attached to an aromatic ring is 1. The summed E-state index contributed by atoms with van der Waals surface area (Å²) in [6, 6.07) is 8.90. The fourth-order valence-corrected chi connectivity index (χ4v) is 3.80. The van der Waals surface area contributed by atoms with E-state index in [1.165, 1.54) is 24.3 Å². The first-order valence-corrected chi connectivity index (χ1v) is 9.46. The van der Waals surface area contributed by atoms with Crippen LogP contribution < -0.4 is 11.1 Å². The molecule has 1 aromatic heterocycles. The summed E-state index contributed by atoms with van der Waals surface area (Å²) in [5.74, 6) is -0.925. The van der Waals surface area contributed by atoms with Crippen LogP contribution in [-0.4, -0.2) is 45.6 Å². The summed E-state index contributed by atoms with van der Waals surface area (Å²) in [4.78, 5) is 39.8. The van der Waals surface area contributed by atoms with Gasteiger partial charge in [-0.3, -0.25) is 19.8 Å². The van der Waals surface area contributed by atoms with Crippen molar-refractivity contribution in [1.82, 2.24) is 15.2 Å². The van der Waals surface area contributed by atoms with Crippen LogP contribution in [0.2, 0.25) is 0 Å². The molecule has 2 aromatic rings. The van der Waals surface area contributed by atoms with E-state index in [1.807, 2.05) is 12.1 Å². The molecule has 1 aliphatic rings. The van der Waals surface area contributed by atoms with Gasteiger partial charge in [0, 0.05) is 24.7 Å². The minimum Gasteiger partial charge on any atom is -0.383 e. The van der Waals surface area contributed by atoms with E-state index in [9.17, 15) is 30.2 Å². The van der Waals surface area contributed by atoms with E-state index in [0.29, 0.717) is 6.54 Å². The lowest BCUT2D eigenvalue weighted by Gasteiger charge is -2.14. The zero-order valence-electron chi connectivity index (χ0n) is 15.3. The molecule has 0 radical (unpaired) electrons. The summed E-state index contributed by atoms with van der Waals surface area (Å²) in [7, 11) is 0. The Morgan fingerprint density at radius 1 is 1.33 bits per heavy atom. The molecule has 12 heteroatoms. The maximum absolute atomic E-state index is 12.3. The summed E-state index contributed by atoms with van der Waals surface area (Å²) in [6.45, 7) is 0.580. The highest BCUT2D eigenvalue weighted by molar-refractivity contribution is 8.00. The largest absolute Gasteiger partial charge is 0.383 e. The lowest BCUT2D eigenvalue weighted by molar-refractivity contribution is -0.384. The molecule has 3 amide bonds. The van der Waals surface area contributed by atoms with Crippen molar-refractivity contribution in [2.45, 2.75) is 5.03 Å². The second-order valence-corrected chi connectivity index (χ2v) is 6.96. The molecule has 0 aliphatic carbocycles. The van der Waals surface area contributed by atoms with Gasteiger partial charge >= 0.3 is 6.03 Å². The molecular formula is C18H13N7O4S. The third-order valence-electron chi connectivity index (χ3n) is 4.28. The van der Waals surface area contributed by atoms with Crippen molar-refractivity contribution in [2.75, 3.05) is 24.6 Å². The third kappa shape index (κ3) is 3.72. The highest BCUT2D eigenvalue weighted by atomic mass is 32.2. The normalized spacial score (nSPS) is 12.7. The molecule has 2 heterocycles. The van der Waals surface area contributed by atoms with Gasteiger partial charge in [0.25, 0.3) is 5.69 Å². The topological polar surface area (TPSA) is 179 Å². The van der Waals surface area contributed by atoms with Crippen molar-refractivity contribution in [1.29, 1.82) is 10.5 Å². The molecular weight excluding hydrogens is 410 g/mol. The molecule has 3 N–H and O–H groups in total. The molecule has 150 valence electrons. The van der Waals surface area contributed by atoms with Crippen molar-refractivity contribution in [3.63, 3.8) is 0 Å². The number of benzene rings is 1. The van der Waals surface area contributed by atoms with Crippen molar-refractivity contribution in [3.8, 4) is 23.3 Å². The zero-order valence-corrected chi connectivity index (χ0v) is 16.1. The van der Waals surface area contributed by atoms with Gasteiger partial charge in [-0.25, -0.2) is 9.78 Å². The Morgan fingerprint density at radius 2 is 2.03 bits per heavy atom. The van der Waals surface area contributed by atoms with Gasteiger partial charge in [0.1, 0.15) is 28.5 Å². The van der Waals surface area contributed by atoms with Crippen LogP contribution in [0.15, 0.2) is 29.3 Å². The number of rotatable bonds is 5. The number of carbonyl (C=O) groups is 2. The van der Waals surface area contributed by atoms with E-state index in [2.05, 4.69) is 10.3 Å². The van der Waals surface area contributed by atoms with Gasteiger partial charge in [-0.1, -0.05) is 23.9 Å². The van der Waals surface area contributed by atoms with E-state index in [-0.39, 0.29) is 51.1 Å². The van der Waals surface area contributed by atoms with Gasteiger partial charge in [0.2, 0.25) is 5.91 Å². The molecule has 0 bridgehead atoms. The van der Waals surface area contributed by atoms with Crippen LogP contribution in [0.1, 0.15) is 11.1 Å². The molecule has 11 nitrogen and oxygen atoms in total.